The van der Waals surface area contributed by atoms with Crippen LogP contribution in [-0.4, -0.2) is 21.7 Å². The second-order valence-corrected chi connectivity index (χ2v) is 8.95. The summed E-state index contributed by atoms with van der Waals surface area (Å²) in [5.41, 5.74) is 7.27. The van der Waals surface area contributed by atoms with E-state index in [9.17, 15) is 0 Å². The second-order valence-electron chi connectivity index (χ2n) is 8.56. The summed E-state index contributed by atoms with van der Waals surface area (Å²) >= 11 is 5.88. The van der Waals surface area contributed by atoms with Gasteiger partial charge in [-0.05, 0) is 67.0 Å². The Bertz CT molecular complexity index is 1250. The number of nitrogens with zero attached hydrogens (tertiary/aromatic N) is 2. The summed E-state index contributed by atoms with van der Waals surface area (Å²) in [4.78, 5) is 2.21. The fraction of sp³-hybridized carbons (Fsp3) is 0.207. The van der Waals surface area contributed by atoms with E-state index in [2.05, 4.69) is 89.4 Å². The molecule has 4 rings (SSSR count). The first-order valence-electron chi connectivity index (χ1n) is 11.5. The minimum atomic E-state index is 0.677. The highest BCUT2D eigenvalue weighted by Crippen LogP contribution is 2.20. The topological polar surface area (TPSA) is 29.4 Å². The number of methoxy groups -OCH3 is 1. The minimum Gasteiger partial charge on any atom is -0.497 e. The lowest BCUT2D eigenvalue weighted by Crippen LogP contribution is -2.34. The molecule has 0 bridgehead atoms. The summed E-state index contributed by atoms with van der Waals surface area (Å²) in [6.07, 6.45) is 2.15. The number of thiocarbonyl (C=S) groups is 1. The van der Waals surface area contributed by atoms with Gasteiger partial charge >= 0.3 is 0 Å². The lowest BCUT2D eigenvalue weighted by molar-refractivity contribution is 0.399. The van der Waals surface area contributed by atoms with E-state index in [1.807, 2.05) is 30.3 Å². The van der Waals surface area contributed by atoms with E-state index in [4.69, 9.17) is 17.0 Å². The summed E-state index contributed by atoms with van der Waals surface area (Å²) < 4.78 is 7.68. The smallest absolute Gasteiger partial charge is 0.174 e. The summed E-state index contributed by atoms with van der Waals surface area (Å²) in [5, 5.41) is 4.08. The molecule has 1 heterocycles. The zero-order valence-corrected chi connectivity index (χ0v) is 20.8. The summed E-state index contributed by atoms with van der Waals surface area (Å²) in [6.45, 7) is 6.56. The Morgan fingerprint density at radius 2 is 1.74 bits per heavy atom. The number of ether oxygens (including phenoxy) is 1. The first-order valence-corrected chi connectivity index (χ1v) is 11.9. The first kappa shape index (κ1) is 23.6. The number of rotatable bonds is 8. The molecule has 1 aromatic heterocycles. The van der Waals surface area contributed by atoms with Gasteiger partial charge in [-0.15, -0.1) is 0 Å². The molecule has 0 amide bonds. The van der Waals surface area contributed by atoms with Gasteiger partial charge in [0.2, 0.25) is 0 Å². The Kier molecular flexibility index (Phi) is 7.65. The molecule has 0 aliphatic heterocycles. The fourth-order valence-electron chi connectivity index (χ4n) is 4.06. The number of hydrogen-bond acceptors (Lipinski definition) is 2. The Morgan fingerprint density at radius 1 is 0.912 bits per heavy atom. The maximum Gasteiger partial charge on any atom is 0.174 e. The molecule has 1 N–H and O–H groups in total. The van der Waals surface area contributed by atoms with Gasteiger partial charge in [-0.2, -0.15) is 0 Å². The highest BCUT2D eigenvalue weighted by molar-refractivity contribution is 7.80. The number of anilines is 1. The fourth-order valence-corrected chi connectivity index (χ4v) is 4.30. The van der Waals surface area contributed by atoms with Crippen molar-refractivity contribution in [2.75, 3.05) is 12.4 Å². The third-order valence-electron chi connectivity index (χ3n) is 5.94. The number of aryl methyl sites for hydroxylation is 2. The molecule has 174 valence electrons. The molecular weight excluding hydrogens is 438 g/mol. The van der Waals surface area contributed by atoms with Crippen LogP contribution in [0.15, 0.2) is 91.1 Å². The van der Waals surface area contributed by atoms with Crippen molar-refractivity contribution in [3.05, 3.63) is 119 Å². The van der Waals surface area contributed by atoms with Crippen LogP contribution in [-0.2, 0) is 19.6 Å². The normalized spacial score (nSPS) is 10.7. The van der Waals surface area contributed by atoms with Gasteiger partial charge in [0, 0.05) is 36.7 Å². The Morgan fingerprint density at radius 3 is 2.50 bits per heavy atom. The van der Waals surface area contributed by atoms with Gasteiger partial charge in [-0.1, -0.05) is 60.2 Å². The van der Waals surface area contributed by atoms with Crippen LogP contribution < -0.4 is 10.1 Å². The average molecular weight is 470 g/mol. The third kappa shape index (κ3) is 6.06. The van der Waals surface area contributed by atoms with E-state index < -0.39 is 0 Å². The number of hydrogen-bond donors (Lipinski definition) is 1. The quantitative estimate of drug-likeness (QED) is 0.296. The number of nitrogens with one attached hydrogen (secondary N) is 1. The monoisotopic (exact) mass is 469 g/mol. The highest BCUT2D eigenvalue weighted by atomic mass is 32.1. The largest absolute Gasteiger partial charge is 0.497 e. The van der Waals surface area contributed by atoms with E-state index in [1.54, 1.807) is 7.11 Å². The van der Waals surface area contributed by atoms with Gasteiger partial charge in [-0.3, -0.25) is 0 Å². The number of aromatic nitrogens is 1. The van der Waals surface area contributed by atoms with E-state index in [0.717, 1.165) is 18.0 Å². The molecule has 0 radical (unpaired) electrons. The molecule has 0 saturated carbocycles. The third-order valence-corrected chi connectivity index (χ3v) is 6.30. The maximum absolute atomic E-state index is 5.88. The van der Waals surface area contributed by atoms with Crippen LogP contribution in [0.5, 0.6) is 5.75 Å². The van der Waals surface area contributed by atoms with Crippen molar-refractivity contribution in [1.82, 2.24) is 9.47 Å². The van der Waals surface area contributed by atoms with Crippen LogP contribution >= 0.6 is 12.2 Å². The molecule has 34 heavy (non-hydrogen) atoms. The van der Waals surface area contributed by atoms with Crippen LogP contribution in [0.25, 0.3) is 0 Å². The summed E-state index contributed by atoms with van der Waals surface area (Å²) in [7, 11) is 1.67. The van der Waals surface area contributed by atoms with E-state index >= 15 is 0 Å². The predicted octanol–water partition coefficient (Wildman–Crippen LogP) is 6.56. The van der Waals surface area contributed by atoms with Crippen molar-refractivity contribution >= 4 is 23.0 Å². The van der Waals surface area contributed by atoms with Crippen LogP contribution in [0, 0.1) is 13.8 Å². The first-order chi connectivity index (χ1) is 16.5. The van der Waals surface area contributed by atoms with Crippen molar-refractivity contribution < 1.29 is 4.74 Å². The van der Waals surface area contributed by atoms with E-state index in [0.29, 0.717) is 18.2 Å². The Labute approximate surface area is 207 Å². The molecule has 5 heteroatoms. The molecule has 0 saturated heterocycles. The minimum absolute atomic E-state index is 0.677. The zero-order chi connectivity index (χ0) is 23.9. The van der Waals surface area contributed by atoms with Crippen molar-refractivity contribution in [3.8, 4) is 5.75 Å². The summed E-state index contributed by atoms with van der Waals surface area (Å²) in [6, 6.07) is 29.2. The molecule has 0 spiro atoms. The Balaban J connectivity index is 1.56. The second kappa shape index (κ2) is 11.0. The molecule has 0 atom stereocenters. The van der Waals surface area contributed by atoms with Gasteiger partial charge in [0.1, 0.15) is 5.75 Å². The Hall–Kier alpha value is -3.57. The van der Waals surface area contributed by atoms with E-state index in [-0.39, 0.29) is 0 Å². The predicted molar refractivity (Wildman–Crippen MR) is 144 cm³/mol. The lowest BCUT2D eigenvalue weighted by atomic mass is 10.1. The lowest BCUT2D eigenvalue weighted by Gasteiger charge is -2.27. The maximum atomic E-state index is 5.88. The highest BCUT2D eigenvalue weighted by Gasteiger charge is 2.15. The van der Waals surface area contributed by atoms with Crippen LogP contribution in [0.3, 0.4) is 0 Å². The molecule has 4 aromatic rings. The van der Waals surface area contributed by atoms with Crippen molar-refractivity contribution in [2.24, 2.45) is 0 Å². The standard InChI is InChI=1S/C29H31N3OS/c1-22-14-15-25(23(2)17-22)20-31-16-8-12-27(31)21-32(19-24-9-5-4-6-10-24)29(34)30-26-11-7-13-28(18-26)33-3/h4-18H,19-21H2,1-3H3,(H,30,34). The SMILES string of the molecule is COc1cccc(NC(=S)N(Cc2ccccc2)Cc2cccn2Cc2ccc(C)cc2C)c1. The van der Waals surface area contributed by atoms with Crippen LogP contribution in [0.2, 0.25) is 0 Å². The van der Waals surface area contributed by atoms with Gasteiger partial charge in [0.25, 0.3) is 0 Å². The molecule has 0 aliphatic rings. The molecular formula is C29H31N3OS. The van der Waals surface area contributed by atoms with Crippen LogP contribution in [0.1, 0.15) is 27.9 Å². The van der Waals surface area contributed by atoms with Crippen molar-refractivity contribution in [1.29, 1.82) is 0 Å². The molecule has 0 fully saturated rings. The van der Waals surface area contributed by atoms with Crippen molar-refractivity contribution in [3.63, 3.8) is 0 Å². The van der Waals surface area contributed by atoms with E-state index in [1.165, 1.54) is 27.9 Å². The molecule has 0 aliphatic carbocycles. The van der Waals surface area contributed by atoms with Gasteiger partial charge in [0.15, 0.2) is 5.11 Å². The molecule has 3 aromatic carbocycles. The molecule has 0 unspecified atom stereocenters. The van der Waals surface area contributed by atoms with Crippen LogP contribution in [0.4, 0.5) is 5.69 Å². The zero-order valence-electron chi connectivity index (χ0n) is 20.0. The van der Waals surface area contributed by atoms with Gasteiger partial charge in [0.05, 0.1) is 13.7 Å². The number of benzene rings is 3. The van der Waals surface area contributed by atoms with Crippen molar-refractivity contribution in [2.45, 2.75) is 33.5 Å². The van der Waals surface area contributed by atoms with Gasteiger partial charge in [-0.25, -0.2) is 0 Å². The average Bonchev–Trinajstić information content (AvgIpc) is 3.27. The molecule has 4 nitrogen and oxygen atoms in total. The summed E-state index contributed by atoms with van der Waals surface area (Å²) in [5.74, 6) is 0.796. The van der Waals surface area contributed by atoms with Gasteiger partial charge < -0.3 is 19.5 Å².